The summed E-state index contributed by atoms with van der Waals surface area (Å²) in [5.41, 5.74) is 3.75. The van der Waals surface area contributed by atoms with Crippen LogP contribution in [0.2, 0.25) is 5.02 Å². The molecule has 0 amide bonds. The number of nitrogens with zero attached hydrogens (tertiary/aromatic N) is 4. The lowest BCUT2D eigenvalue weighted by molar-refractivity contribution is 0.101. The van der Waals surface area contributed by atoms with Gasteiger partial charge in [0.25, 0.3) is 0 Å². The standard InChI is InChI=1S/C25H20ClN5O3S/c1-14-4-10-20(12-15(14)2)35(33,34)25-24-28-23(27-19-8-5-17(6-9-19)16(3)32)21-13-18(26)7-11-22(21)31(24)30-29-25/h4-13H,1-3H3,(H,27,28). The quantitative estimate of drug-likeness (QED) is 0.322. The van der Waals surface area contributed by atoms with Gasteiger partial charge in [-0.15, -0.1) is 5.10 Å². The fourth-order valence-corrected chi connectivity index (χ4v) is 5.25. The number of aromatic nitrogens is 4. The summed E-state index contributed by atoms with van der Waals surface area (Å²) in [5.74, 6) is 0.337. The average molecular weight is 506 g/mol. The molecule has 2 aromatic heterocycles. The number of nitrogens with one attached hydrogen (secondary N) is 1. The van der Waals surface area contributed by atoms with Crippen LogP contribution in [-0.4, -0.2) is 34.0 Å². The molecule has 0 radical (unpaired) electrons. The Hall–Kier alpha value is -3.82. The average Bonchev–Trinajstić information content (AvgIpc) is 3.26. The van der Waals surface area contributed by atoms with E-state index in [4.69, 9.17) is 11.6 Å². The molecule has 0 bridgehead atoms. The molecule has 5 aromatic rings. The number of aryl methyl sites for hydroxylation is 2. The number of halogens is 1. The van der Waals surface area contributed by atoms with Crippen molar-refractivity contribution >= 4 is 55.3 Å². The Kier molecular flexibility index (Phi) is 5.53. The highest BCUT2D eigenvalue weighted by atomic mass is 35.5. The lowest BCUT2D eigenvalue weighted by atomic mass is 10.1. The molecule has 176 valence electrons. The maximum atomic E-state index is 13.5. The summed E-state index contributed by atoms with van der Waals surface area (Å²) < 4.78 is 28.4. The van der Waals surface area contributed by atoms with Crippen LogP contribution in [0.4, 0.5) is 11.5 Å². The molecule has 3 aromatic carbocycles. The Balaban J connectivity index is 1.71. The van der Waals surface area contributed by atoms with Crippen LogP contribution in [0.5, 0.6) is 0 Å². The molecule has 0 aliphatic heterocycles. The van der Waals surface area contributed by atoms with Gasteiger partial charge < -0.3 is 5.32 Å². The molecule has 0 aliphatic rings. The van der Waals surface area contributed by atoms with Crippen LogP contribution in [0.25, 0.3) is 16.6 Å². The van der Waals surface area contributed by atoms with Crippen LogP contribution in [0.15, 0.2) is 70.6 Å². The molecule has 0 saturated carbocycles. The van der Waals surface area contributed by atoms with Crippen molar-refractivity contribution in [3.05, 3.63) is 82.4 Å². The van der Waals surface area contributed by atoms with Crippen LogP contribution >= 0.6 is 11.6 Å². The number of benzene rings is 3. The van der Waals surface area contributed by atoms with E-state index < -0.39 is 9.84 Å². The van der Waals surface area contributed by atoms with Crippen LogP contribution < -0.4 is 5.32 Å². The fraction of sp³-hybridized carbons (Fsp3) is 0.120. The number of Topliss-reactive ketones (excluding diaryl/α,β-unsaturated/α-hetero) is 1. The Morgan fingerprint density at radius 1 is 0.971 bits per heavy atom. The number of fused-ring (bicyclic) bond motifs is 3. The van der Waals surface area contributed by atoms with E-state index in [9.17, 15) is 13.2 Å². The molecular formula is C25H20ClN5O3S. The molecule has 2 heterocycles. The van der Waals surface area contributed by atoms with Crippen molar-refractivity contribution in [2.24, 2.45) is 0 Å². The van der Waals surface area contributed by atoms with E-state index >= 15 is 0 Å². The Labute approximate surface area is 206 Å². The van der Waals surface area contributed by atoms with Gasteiger partial charge in [0.2, 0.25) is 14.9 Å². The number of carbonyl (C=O) groups excluding carboxylic acids is 1. The van der Waals surface area contributed by atoms with Gasteiger partial charge in [-0.05, 0) is 86.5 Å². The van der Waals surface area contributed by atoms with E-state index in [1.54, 1.807) is 60.7 Å². The third-order valence-corrected chi connectivity index (χ3v) is 7.76. The normalized spacial score (nSPS) is 11.8. The van der Waals surface area contributed by atoms with Crippen LogP contribution in [0.1, 0.15) is 28.4 Å². The minimum Gasteiger partial charge on any atom is -0.340 e. The molecule has 0 fully saturated rings. The van der Waals surface area contributed by atoms with Gasteiger partial charge in [-0.2, -0.15) is 4.52 Å². The second-order valence-electron chi connectivity index (χ2n) is 8.26. The Morgan fingerprint density at radius 3 is 2.40 bits per heavy atom. The highest BCUT2D eigenvalue weighted by Gasteiger charge is 2.27. The van der Waals surface area contributed by atoms with Crippen molar-refractivity contribution < 1.29 is 13.2 Å². The molecule has 8 nitrogen and oxygen atoms in total. The molecule has 0 aliphatic carbocycles. The van der Waals surface area contributed by atoms with Gasteiger partial charge in [-0.25, -0.2) is 13.4 Å². The summed E-state index contributed by atoms with van der Waals surface area (Å²) in [6.07, 6.45) is 0. The molecule has 0 atom stereocenters. The fourth-order valence-electron chi connectivity index (χ4n) is 3.76. The second kappa shape index (κ2) is 8.44. The van der Waals surface area contributed by atoms with Crippen molar-refractivity contribution in [1.82, 2.24) is 19.8 Å². The second-order valence-corrected chi connectivity index (χ2v) is 10.6. The lowest BCUT2D eigenvalue weighted by Crippen LogP contribution is -2.06. The van der Waals surface area contributed by atoms with Gasteiger partial charge in [-0.1, -0.05) is 22.9 Å². The van der Waals surface area contributed by atoms with Gasteiger partial charge in [0.1, 0.15) is 5.82 Å². The third-order valence-electron chi connectivity index (χ3n) is 5.87. The SMILES string of the molecule is CC(=O)c1ccc(Nc2nc3c(S(=O)(=O)c4ccc(C)c(C)c4)nnn3c3ccc(Cl)cc23)cc1. The predicted octanol–water partition coefficient (Wildman–Crippen LogP) is 5.33. The summed E-state index contributed by atoms with van der Waals surface area (Å²) in [6, 6.07) is 17.0. The van der Waals surface area contributed by atoms with Crippen LogP contribution in [0, 0.1) is 13.8 Å². The van der Waals surface area contributed by atoms with E-state index in [1.165, 1.54) is 11.4 Å². The zero-order valence-corrected chi connectivity index (χ0v) is 20.6. The van der Waals surface area contributed by atoms with Crippen molar-refractivity contribution in [3.8, 4) is 0 Å². The smallest absolute Gasteiger partial charge is 0.229 e. The van der Waals surface area contributed by atoms with Crippen molar-refractivity contribution in [2.45, 2.75) is 30.7 Å². The molecule has 5 rings (SSSR count). The number of carbonyl (C=O) groups is 1. The third kappa shape index (κ3) is 4.02. The zero-order chi connectivity index (χ0) is 24.9. The first kappa shape index (κ1) is 22.9. The molecule has 0 spiro atoms. The summed E-state index contributed by atoms with van der Waals surface area (Å²) in [4.78, 5) is 16.3. The van der Waals surface area contributed by atoms with E-state index in [1.807, 2.05) is 13.8 Å². The van der Waals surface area contributed by atoms with E-state index in [0.717, 1.165) is 11.1 Å². The van der Waals surface area contributed by atoms with Crippen LogP contribution in [-0.2, 0) is 9.84 Å². The molecule has 1 N–H and O–H groups in total. The highest BCUT2D eigenvalue weighted by Crippen LogP contribution is 2.31. The number of sulfone groups is 1. The summed E-state index contributed by atoms with van der Waals surface area (Å²) in [7, 11) is -3.99. The highest BCUT2D eigenvalue weighted by molar-refractivity contribution is 7.91. The molecular weight excluding hydrogens is 486 g/mol. The summed E-state index contributed by atoms with van der Waals surface area (Å²) in [6.45, 7) is 5.27. The van der Waals surface area contributed by atoms with Crippen molar-refractivity contribution in [1.29, 1.82) is 0 Å². The van der Waals surface area contributed by atoms with Gasteiger partial charge in [0, 0.05) is 21.7 Å². The maximum absolute atomic E-state index is 13.5. The summed E-state index contributed by atoms with van der Waals surface area (Å²) >= 11 is 6.25. The number of hydrogen-bond donors (Lipinski definition) is 1. The number of anilines is 2. The van der Waals surface area contributed by atoms with Gasteiger partial charge in [-0.3, -0.25) is 4.79 Å². The number of hydrogen-bond acceptors (Lipinski definition) is 7. The van der Waals surface area contributed by atoms with Gasteiger partial charge in [0.15, 0.2) is 11.4 Å². The zero-order valence-electron chi connectivity index (χ0n) is 19.1. The predicted molar refractivity (Wildman–Crippen MR) is 134 cm³/mol. The van der Waals surface area contributed by atoms with Crippen molar-refractivity contribution in [3.63, 3.8) is 0 Å². The first-order valence-electron chi connectivity index (χ1n) is 10.7. The Morgan fingerprint density at radius 2 is 1.71 bits per heavy atom. The van der Waals surface area contributed by atoms with E-state index in [0.29, 0.717) is 33.0 Å². The van der Waals surface area contributed by atoms with E-state index in [2.05, 4.69) is 20.6 Å². The first-order chi connectivity index (χ1) is 16.6. The van der Waals surface area contributed by atoms with Crippen LogP contribution in [0.3, 0.4) is 0 Å². The van der Waals surface area contributed by atoms with Gasteiger partial charge in [0.05, 0.1) is 10.4 Å². The largest absolute Gasteiger partial charge is 0.340 e. The molecule has 10 heteroatoms. The monoisotopic (exact) mass is 505 g/mol. The maximum Gasteiger partial charge on any atom is 0.229 e. The van der Waals surface area contributed by atoms with Crippen molar-refractivity contribution in [2.75, 3.05) is 5.32 Å². The lowest BCUT2D eigenvalue weighted by Gasteiger charge is -2.11. The molecule has 35 heavy (non-hydrogen) atoms. The Bertz CT molecular complexity index is 1750. The molecule has 0 unspecified atom stereocenters. The van der Waals surface area contributed by atoms with Gasteiger partial charge >= 0.3 is 0 Å². The topological polar surface area (TPSA) is 106 Å². The number of ketones is 1. The molecule has 0 saturated heterocycles. The van der Waals surface area contributed by atoms with E-state index in [-0.39, 0.29) is 21.4 Å². The first-order valence-corrected chi connectivity index (χ1v) is 12.6. The summed E-state index contributed by atoms with van der Waals surface area (Å²) in [5, 5.41) is 12.2. The number of rotatable bonds is 5. The minimum atomic E-state index is -3.99. The minimum absolute atomic E-state index is 0.0418.